The zero-order valence-electron chi connectivity index (χ0n) is 12.1. The van der Waals surface area contributed by atoms with Gasteiger partial charge in [-0.25, -0.2) is 0 Å². The Hall–Kier alpha value is -0.860. The minimum atomic E-state index is 0.167. The molecule has 3 rings (SSSR count). The van der Waals surface area contributed by atoms with Gasteiger partial charge in [-0.15, -0.1) is 0 Å². The van der Waals surface area contributed by atoms with Gasteiger partial charge in [0.1, 0.15) is 0 Å². The van der Waals surface area contributed by atoms with Gasteiger partial charge in [-0.3, -0.25) is 0 Å². The highest BCUT2D eigenvalue weighted by atomic mass is 16.5. The molecule has 1 aliphatic heterocycles. The third-order valence-corrected chi connectivity index (χ3v) is 5.22. The molecule has 0 amide bonds. The van der Waals surface area contributed by atoms with Crippen LogP contribution in [0.5, 0.6) is 0 Å². The first kappa shape index (κ1) is 13.1. The number of benzene rings is 1. The van der Waals surface area contributed by atoms with E-state index in [4.69, 9.17) is 10.5 Å². The number of rotatable bonds is 2. The standard InChI is InChI=1S/C17H25NO/c1-12-4-5-14(10-13(12)2)16(18)15-6-9-19-17(11-15)7-3-8-17/h4-5,10,15-16H,3,6-9,11,18H2,1-2H3. The van der Waals surface area contributed by atoms with Gasteiger partial charge in [0, 0.05) is 12.6 Å². The van der Waals surface area contributed by atoms with Crippen LogP contribution < -0.4 is 5.73 Å². The van der Waals surface area contributed by atoms with Crippen LogP contribution in [-0.2, 0) is 4.74 Å². The third kappa shape index (κ3) is 2.44. The second-order valence-electron chi connectivity index (χ2n) is 6.51. The van der Waals surface area contributed by atoms with Crippen LogP contribution >= 0.6 is 0 Å². The summed E-state index contributed by atoms with van der Waals surface area (Å²) in [5.74, 6) is 0.580. The molecule has 1 aromatic carbocycles. The molecule has 1 heterocycles. The largest absolute Gasteiger partial charge is 0.375 e. The fraction of sp³-hybridized carbons (Fsp3) is 0.647. The molecule has 1 saturated carbocycles. The summed E-state index contributed by atoms with van der Waals surface area (Å²) in [7, 11) is 0. The topological polar surface area (TPSA) is 35.2 Å². The van der Waals surface area contributed by atoms with Gasteiger partial charge in [0.2, 0.25) is 0 Å². The van der Waals surface area contributed by atoms with E-state index in [1.807, 2.05) is 0 Å². The molecule has 2 N–H and O–H groups in total. The van der Waals surface area contributed by atoms with Gasteiger partial charge in [0.05, 0.1) is 5.60 Å². The maximum Gasteiger partial charge on any atom is 0.0686 e. The van der Waals surface area contributed by atoms with Crippen molar-refractivity contribution < 1.29 is 4.74 Å². The highest BCUT2D eigenvalue weighted by Crippen LogP contribution is 2.46. The van der Waals surface area contributed by atoms with Crippen molar-refractivity contribution in [3.8, 4) is 0 Å². The molecule has 0 radical (unpaired) electrons. The summed E-state index contributed by atoms with van der Waals surface area (Å²) < 4.78 is 6.00. The highest BCUT2D eigenvalue weighted by Gasteiger charge is 2.43. The summed E-state index contributed by atoms with van der Waals surface area (Å²) in [5.41, 5.74) is 10.7. The molecule has 1 spiro atoms. The van der Waals surface area contributed by atoms with Crippen molar-refractivity contribution in [1.29, 1.82) is 0 Å². The van der Waals surface area contributed by atoms with Crippen molar-refractivity contribution in [2.75, 3.05) is 6.61 Å². The summed E-state index contributed by atoms with van der Waals surface area (Å²) in [6, 6.07) is 6.84. The zero-order chi connectivity index (χ0) is 13.5. The molecule has 1 aromatic rings. The maximum absolute atomic E-state index is 6.53. The van der Waals surface area contributed by atoms with E-state index in [1.54, 1.807) is 0 Å². The second-order valence-corrected chi connectivity index (χ2v) is 6.51. The van der Waals surface area contributed by atoms with Crippen LogP contribution in [-0.4, -0.2) is 12.2 Å². The normalized spacial score (nSPS) is 27.0. The Morgan fingerprint density at radius 3 is 2.68 bits per heavy atom. The molecule has 2 aliphatic rings. The van der Waals surface area contributed by atoms with Crippen LogP contribution in [0.15, 0.2) is 18.2 Å². The highest BCUT2D eigenvalue weighted by molar-refractivity contribution is 5.32. The average molecular weight is 259 g/mol. The SMILES string of the molecule is Cc1ccc(C(N)C2CCOC3(CCC3)C2)cc1C. The zero-order valence-corrected chi connectivity index (χ0v) is 12.1. The van der Waals surface area contributed by atoms with Gasteiger partial charge < -0.3 is 10.5 Å². The molecule has 0 aromatic heterocycles. The molecule has 2 fully saturated rings. The molecule has 0 bridgehead atoms. The minimum Gasteiger partial charge on any atom is -0.375 e. The predicted octanol–water partition coefficient (Wildman–Crippen LogP) is 3.65. The van der Waals surface area contributed by atoms with Crippen LogP contribution in [0.2, 0.25) is 0 Å². The number of aryl methyl sites for hydroxylation is 2. The molecular weight excluding hydrogens is 234 g/mol. The van der Waals surface area contributed by atoms with E-state index >= 15 is 0 Å². The van der Waals surface area contributed by atoms with E-state index in [9.17, 15) is 0 Å². The Kier molecular flexibility index (Phi) is 3.40. The van der Waals surface area contributed by atoms with E-state index in [0.29, 0.717) is 5.92 Å². The van der Waals surface area contributed by atoms with Crippen molar-refractivity contribution in [1.82, 2.24) is 0 Å². The smallest absolute Gasteiger partial charge is 0.0686 e. The van der Waals surface area contributed by atoms with E-state index in [1.165, 1.54) is 36.0 Å². The lowest BCUT2D eigenvalue weighted by atomic mass is 9.70. The molecule has 104 valence electrons. The lowest BCUT2D eigenvalue weighted by Gasteiger charge is -2.48. The quantitative estimate of drug-likeness (QED) is 0.880. The van der Waals surface area contributed by atoms with Crippen LogP contribution in [0, 0.1) is 19.8 Å². The Balaban J connectivity index is 1.75. The summed E-state index contributed by atoms with van der Waals surface area (Å²) >= 11 is 0. The number of hydrogen-bond acceptors (Lipinski definition) is 2. The first-order valence-corrected chi connectivity index (χ1v) is 7.56. The molecule has 19 heavy (non-hydrogen) atoms. The van der Waals surface area contributed by atoms with Crippen molar-refractivity contribution in [2.45, 2.75) is 57.6 Å². The van der Waals surface area contributed by atoms with Crippen LogP contribution in [0.3, 0.4) is 0 Å². The Morgan fingerprint density at radius 2 is 2.05 bits per heavy atom. The molecule has 2 nitrogen and oxygen atoms in total. The molecule has 2 heteroatoms. The van der Waals surface area contributed by atoms with Crippen molar-refractivity contribution in [2.24, 2.45) is 11.7 Å². The molecule has 2 unspecified atom stereocenters. The molecule has 1 aliphatic carbocycles. The summed E-state index contributed by atoms with van der Waals surface area (Å²) in [5, 5.41) is 0. The van der Waals surface area contributed by atoms with Crippen molar-refractivity contribution in [3.05, 3.63) is 34.9 Å². The maximum atomic E-state index is 6.53. The summed E-state index contributed by atoms with van der Waals surface area (Å²) in [4.78, 5) is 0. The lowest BCUT2D eigenvalue weighted by Crippen LogP contribution is -2.47. The second kappa shape index (κ2) is 4.92. The molecule has 1 saturated heterocycles. The minimum absolute atomic E-state index is 0.167. The van der Waals surface area contributed by atoms with Gasteiger partial charge in [0.15, 0.2) is 0 Å². The molecule has 2 atom stereocenters. The van der Waals surface area contributed by atoms with Crippen LogP contribution in [0.1, 0.15) is 54.8 Å². The number of nitrogens with two attached hydrogens (primary N) is 1. The van der Waals surface area contributed by atoms with E-state index < -0.39 is 0 Å². The first-order chi connectivity index (χ1) is 9.10. The predicted molar refractivity (Wildman–Crippen MR) is 78.1 cm³/mol. The van der Waals surface area contributed by atoms with Gasteiger partial charge in [0.25, 0.3) is 0 Å². The summed E-state index contributed by atoms with van der Waals surface area (Å²) in [6.45, 7) is 5.22. The average Bonchev–Trinajstić information content (AvgIpc) is 2.39. The van der Waals surface area contributed by atoms with E-state index in [-0.39, 0.29) is 11.6 Å². The van der Waals surface area contributed by atoms with E-state index in [2.05, 4.69) is 32.0 Å². The van der Waals surface area contributed by atoms with Gasteiger partial charge in [-0.1, -0.05) is 18.2 Å². The first-order valence-electron chi connectivity index (χ1n) is 7.56. The summed E-state index contributed by atoms with van der Waals surface area (Å²) in [6.07, 6.45) is 6.06. The Labute approximate surface area is 116 Å². The fourth-order valence-electron chi connectivity index (χ4n) is 3.54. The van der Waals surface area contributed by atoms with Gasteiger partial charge in [-0.05, 0) is 68.6 Å². The Morgan fingerprint density at radius 1 is 1.26 bits per heavy atom. The Bertz CT molecular complexity index is 464. The third-order valence-electron chi connectivity index (χ3n) is 5.22. The fourth-order valence-corrected chi connectivity index (χ4v) is 3.54. The van der Waals surface area contributed by atoms with Gasteiger partial charge >= 0.3 is 0 Å². The van der Waals surface area contributed by atoms with Gasteiger partial charge in [-0.2, -0.15) is 0 Å². The number of hydrogen-bond donors (Lipinski definition) is 1. The number of ether oxygens (including phenoxy) is 1. The van der Waals surface area contributed by atoms with Crippen molar-refractivity contribution >= 4 is 0 Å². The van der Waals surface area contributed by atoms with Crippen LogP contribution in [0.25, 0.3) is 0 Å². The van der Waals surface area contributed by atoms with Crippen LogP contribution in [0.4, 0.5) is 0 Å². The lowest BCUT2D eigenvalue weighted by molar-refractivity contribution is -0.146. The monoisotopic (exact) mass is 259 g/mol. The molecular formula is C17H25NO. The van der Waals surface area contributed by atoms with E-state index in [0.717, 1.165) is 19.4 Å². The van der Waals surface area contributed by atoms with Crippen molar-refractivity contribution in [3.63, 3.8) is 0 Å².